The molecule has 0 fully saturated rings. The van der Waals surface area contributed by atoms with Crippen molar-refractivity contribution < 1.29 is 8.42 Å². The van der Waals surface area contributed by atoms with Crippen LogP contribution in [0.2, 0.25) is 0 Å². The van der Waals surface area contributed by atoms with Crippen LogP contribution in [0.5, 0.6) is 0 Å². The van der Waals surface area contributed by atoms with E-state index >= 15 is 0 Å². The zero-order chi connectivity index (χ0) is 13.1. The topological polar surface area (TPSA) is 92.1 Å². The normalized spacial score (nSPS) is 12.0. The molecule has 0 atom stereocenters. The molecule has 0 unspecified atom stereocenters. The lowest BCUT2D eigenvalue weighted by Gasteiger charge is -2.20. The number of hydrogen-bond donors (Lipinski definition) is 2. The largest absolute Gasteiger partial charge is 0.326 e. The van der Waals surface area contributed by atoms with E-state index in [1.165, 1.54) is 10.5 Å². The van der Waals surface area contributed by atoms with E-state index in [2.05, 4.69) is 16.8 Å². The maximum absolute atomic E-state index is 12.3. The average molecular weight is 258 g/mol. The lowest BCUT2D eigenvalue weighted by Crippen LogP contribution is -2.33. The number of nitrogens with one attached hydrogen (secondary N) is 1. The summed E-state index contributed by atoms with van der Waals surface area (Å²) < 4.78 is 25.9. The molecule has 0 aliphatic rings. The van der Waals surface area contributed by atoms with Crippen LogP contribution in [0.3, 0.4) is 0 Å². The summed E-state index contributed by atoms with van der Waals surface area (Å²) in [7, 11) is -3.57. The van der Waals surface area contributed by atoms with Gasteiger partial charge in [0.15, 0.2) is 5.03 Å². The number of aromatic nitrogens is 2. The monoisotopic (exact) mass is 258 g/mol. The van der Waals surface area contributed by atoms with Crippen LogP contribution in [0, 0.1) is 0 Å². The predicted molar refractivity (Wildman–Crippen MR) is 65.7 cm³/mol. The van der Waals surface area contributed by atoms with Gasteiger partial charge in [-0.1, -0.05) is 19.1 Å². The van der Waals surface area contributed by atoms with Gasteiger partial charge in [-0.25, -0.2) is 8.42 Å². The third-order valence-electron chi connectivity index (χ3n) is 2.29. The van der Waals surface area contributed by atoms with Gasteiger partial charge in [0, 0.05) is 25.2 Å². The van der Waals surface area contributed by atoms with Crippen LogP contribution in [0.1, 0.15) is 19.4 Å². The van der Waals surface area contributed by atoms with Gasteiger partial charge in [-0.3, -0.25) is 5.10 Å². The van der Waals surface area contributed by atoms with Crippen molar-refractivity contribution in [2.24, 2.45) is 5.73 Å². The summed E-state index contributed by atoms with van der Waals surface area (Å²) in [6.45, 7) is 8.09. The molecule has 7 heteroatoms. The van der Waals surface area contributed by atoms with Crippen molar-refractivity contribution in [2.45, 2.75) is 25.4 Å². The van der Waals surface area contributed by atoms with Crippen molar-refractivity contribution in [1.82, 2.24) is 14.5 Å². The van der Waals surface area contributed by atoms with Crippen LogP contribution in [0.4, 0.5) is 0 Å². The number of hydrogen-bond acceptors (Lipinski definition) is 4. The summed E-state index contributed by atoms with van der Waals surface area (Å²) in [5.41, 5.74) is 6.75. The molecule has 17 heavy (non-hydrogen) atoms. The van der Waals surface area contributed by atoms with E-state index in [9.17, 15) is 8.42 Å². The molecule has 0 aromatic carbocycles. The molecule has 0 saturated heterocycles. The van der Waals surface area contributed by atoms with Gasteiger partial charge < -0.3 is 5.73 Å². The van der Waals surface area contributed by atoms with E-state index in [1.807, 2.05) is 0 Å². The molecule has 96 valence electrons. The molecule has 1 rings (SSSR count). The van der Waals surface area contributed by atoms with Crippen molar-refractivity contribution in [3.63, 3.8) is 0 Å². The van der Waals surface area contributed by atoms with Crippen LogP contribution in [-0.4, -0.2) is 36.0 Å². The zero-order valence-electron chi connectivity index (χ0n) is 10.1. The lowest BCUT2D eigenvalue weighted by atomic mass is 10.3. The molecule has 3 N–H and O–H groups in total. The summed E-state index contributed by atoms with van der Waals surface area (Å²) in [5, 5.41) is 6.29. The molecule has 0 spiro atoms. The van der Waals surface area contributed by atoms with Crippen molar-refractivity contribution in [3.05, 3.63) is 23.9 Å². The Morgan fingerprint density at radius 2 is 2.29 bits per heavy atom. The Labute approximate surface area is 102 Å². The van der Waals surface area contributed by atoms with Crippen molar-refractivity contribution in [2.75, 3.05) is 13.1 Å². The Morgan fingerprint density at radius 1 is 1.65 bits per heavy atom. The first kappa shape index (κ1) is 13.9. The third kappa shape index (κ3) is 2.93. The quantitative estimate of drug-likeness (QED) is 0.725. The third-order valence-corrected chi connectivity index (χ3v) is 4.23. The highest BCUT2D eigenvalue weighted by atomic mass is 32.2. The number of likely N-dealkylation sites (N-methyl/N-ethyl adjacent to an activating group) is 1. The number of rotatable bonds is 6. The molecule has 0 aliphatic heterocycles. The highest BCUT2D eigenvalue weighted by Crippen LogP contribution is 2.17. The Bertz CT molecular complexity index is 492. The number of nitrogens with zero attached hydrogens (tertiary/aromatic N) is 2. The maximum Gasteiger partial charge on any atom is 0.260 e. The van der Waals surface area contributed by atoms with E-state index in [0.29, 0.717) is 18.7 Å². The predicted octanol–water partition coefficient (Wildman–Crippen LogP) is 0.455. The Morgan fingerprint density at radius 3 is 2.76 bits per heavy atom. The fourth-order valence-electron chi connectivity index (χ4n) is 1.46. The average Bonchev–Trinajstić information content (AvgIpc) is 2.73. The van der Waals surface area contributed by atoms with Gasteiger partial charge in [0.25, 0.3) is 10.0 Å². The Kier molecular flexibility index (Phi) is 4.44. The summed E-state index contributed by atoms with van der Waals surface area (Å²) >= 11 is 0. The van der Waals surface area contributed by atoms with Crippen LogP contribution >= 0.6 is 0 Å². The minimum Gasteiger partial charge on any atom is -0.326 e. The first-order chi connectivity index (χ1) is 7.93. The molecule has 0 saturated carbocycles. The minimum atomic E-state index is -3.57. The minimum absolute atomic E-state index is 0.0723. The van der Waals surface area contributed by atoms with Crippen LogP contribution in [0.25, 0.3) is 0 Å². The van der Waals surface area contributed by atoms with E-state index in [-0.39, 0.29) is 11.6 Å². The van der Waals surface area contributed by atoms with Gasteiger partial charge >= 0.3 is 0 Å². The Balaban J connectivity index is 3.13. The molecule has 1 heterocycles. The van der Waals surface area contributed by atoms with E-state index in [0.717, 1.165) is 5.57 Å². The van der Waals surface area contributed by atoms with Gasteiger partial charge in [0.1, 0.15) is 0 Å². The highest BCUT2D eigenvalue weighted by Gasteiger charge is 2.26. The molecule has 0 aliphatic carbocycles. The second-order valence-corrected chi connectivity index (χ2v) is 5.69. The lowest BCUT2D eigenvalue weighted by molar-refractivity contribution is 0.449. The van der Waals surface area contributed by atoms with Crippen LogP contribution < -0.4 is 5.73 Å². The summed E-state index contributed by atoms with van der Waals surface area (Å²) in [6, 6.07) is 0. The SMILES string of the molecule is C=C(C)CN(CC)S(=O)(=O)c1[nH]ncc1CN. The van der Waals surface area contributed by atoms with Crippen molar-refractivity contribution in [1.29, 1.82) is 0 Å². The second kappa shape index (κ2) is 5.44. The molecule has 1 aromatic heterocycles. The van der Waals surface area contributed by atoms with Gasteiger partial charge in [-0.05, 0) is 6.92 Å². The molecule has 6 nitrogen and oxygen atoms in total. The first-order valence-corrected chi connectivity index (χ1v) is 6.74. The smallest absolute Gasteiger partial charge is 0.260 e. The summed E-state index contributed by atoms with van der Waals surface area (Å²) in [4.78, 5) is 0. The fourth-order valence-corrected chi connectivity index (χ4v) is 3.09. The van der Waals surface area contributed by atoms with Crippen LogP contribution in [-0.2, 0) is 16.6 Å². The molecule has 0 bridgehead atoms. The Hall–Kier alpha value is -1.18. The van der Waals surface area contributed by atoms with Crippen molar-refractivity contribution in [3.8, 4) is 0 Å². The summed E-state index contributed by atoms with van der Waals surface area (Å²) in [6.07, 6.45) is 1.43. The van der Waals surface area contributed by atoms with E-state index in [1.54, 1.807) is 13.8 Å². The standard InChI is InChI=1S/C10H18N4O2S/c1-4-14(7-8(2)3)17(15,16)10-9(5-11)6-12-13-10/h6H,2,4-5,7,11H2,1,3H3,(H,12,13). The number of sulfonamides is 1. The number of nitrogens with two attached hydrogens (primary N) is 1. The summed E-state index contributed by atoms with van der Waals surface area (Å²) in [5.74, 6) is 0. The molecule has 0 amide bonds. The highest BCUT2D eigenvalue weighted by molar-refractivity contribution is 7.89. The fraction of sp³-hybridized carbons (Fsp3) is 0.500. The van der Waals surface area contributed by atoms with Gasteiger partial charge in [-0.15, -0.1) is 0 Å². The zero-order valence-corrected chi connectivity index (χ0v) is 10.9. The number of aromatic amines is 1. The molecular formula is C10H18N4O2S. The van der Waals surface area contributed by atoms with Crippen LogP contribution in [0.15, 0.2) is 23.4 Å². The molecular weight excluding hydrogens is 240 g/mol. The van der Waals surface area contributed by atoms with E-state index < -0.39 is 10.0 Å². The van der Waals surface area contributed by atoms with E-state index in [4.69, 9.17) is 5.73 Å². The molecule has 0 radical (unpaired) electrons. The number of H-pyrrole nitrogens is 1. The first-order valence-electron chi connectivity index (χ1n) is 5.30. The van der Waals surface area contributed by atoms with Gasteiger partial charge in [-0.2, -0.15) is 9.40 Å². The second-order valence-electron chi connectivity index (χ2n) is 3.82. The molecule has 1 aromatic rings. The maximum atomic E-state index is 12.3. The van der Waals surface area contributed by atoms with Crippen molar-refractivity contribution >= 4 is 10.0 Å². The van der Waals surface area contributed by atoms with Gasteiger partial charge in [0.05, 0.1) is 6.20 Å². The van der Waals surface area contributed by atoms with Gasteiger partial charge in [0.2, 0.25) is 0 Å².